The normalized spacial score (nSPS) is 14.5. The maximum atomic E-state index is 12.9. The molecule has 0 radical (unpaired) electrons. The van der Waals surface area contributed by atoms with Gasteiger partial charge in [-0.2, -0.15) is 13.2 Å². The number of aryl methyl sites for hydroxylation is 1. The highest BCUT2D eigenvalue weighted by atomic mass is 19.4. The molecule has 2 aromatic carbocycles. The lowest BCUT2D eigenvalue weighted by atomic mass is 10.1. The summed E-state index contributed by atoms with van der Waals surface area (Å²) < 4.78 is 49.9. The zero-order valence-corrected chi connectivity index (χ0v) is 18.6. The molecule has 1 heterocycles. The number of halogens is 3. The number of benzene rings is 2. The number of nitrogens with zero attached hydrogens (tertiary/aromatic N) is 2. The molecule has 1 saturated carbocycles. The number of rotatable bonds is 8. The van der Waals surface area contributed by atoms with Gasteiger partial charge in [-0.25, -0.2) is 14.8 Å². The minimum Gasteiger partial charge on any atom is -0.486 e. The summed E-state index contributed by atoms with van der Waals surface area (Å²) >= 11 is 0. The SMILES string of the molecule is Cc1cc(OC(C)c2cnc(-c3ccc(C(F)(F)F)cc3)nc2C2CC2)ccc1OCC(=O)O. The number of carboxylic acid groups (broad SMARTS) is 1. The summed E-state index contributed by atoms with van der Waals surface area (Å²) in [5.74, 6) is 0.639. The number of aromatic nitrogens is 2. The van der Waals surface area contributed by atoms with Crippen LogP contribution in [-0.4, -0.2) is 27.7 Å². The Morgan fingerprint density at radius 3 is 2.47 bits per heavy atom. The minimum atomic E-state index is -4.39. The van der Waals surface area contributed by atoms with E-state index in [0.717, 1.165) is 41.8 Å². The molecule has 178 valence electrons. The van der Waals surface area contributed by atoms with Crippen molar-refractivity contribution in [1.29, 1.82) is 0 Å². The van der Waals surface area contributed by atoms with Crippen molar-refractivity contribution in [2.45, 2.75) is 44.9 Å². The Morgan fingerprint density at radius 1 is 1.18 bits per heavy atom. The fourth-order valence-electron chi connectivity index (χ4n) is 3.61. The zero-order valence-electron chi connectivity index (χ0n) is 18.6. The lowest BCUT2D eigenvalue weighted by molar-refractivity contribution is -0.139. The second-order valence-corrected chi connectivity index (χ2v) is 8.25. The molecule has 0 saturated heterocycles. The Balaban J connectivity index is 1.54. The van der Waals surface area contributed by atoms with Gasteiger partial charge in [-0.3, -0.25) is 0 Å². The van der Waals surface area contributed by atoms with E-state index in [9.17, 15) is 18.0 Å². The van der Waals surface area contributed by atoms with E-state index in [1.54, 1.807) is 31.3 Å². The van der Waals surface area contributed by atoms with Crippen LogP contribution in [0.2, 0.25) is 0 Å². The van der Waals surface area contributed by atoms with Crippen molar-refractivity contribution in [1.82, 2.24) is 9.97 Å². The van der Waals surface area contributed by atoms with Crippen LogP contribution in [0, 0.1) is 6.92 Å². The summed E-state index contributed by atoms with van der Waals surface area (Å²) in [6, 6.07) is 9.95. The summed E-state index contributed by atoms with van der Waals surface area (Å²) in [4.78, 5) is 19.8. The second kappa shape index (κ2) is 9.32. The van der Waals surface area contributed by atoms with Gasteiger partial charge in [0.25, 0.3) is 0 Å². The number of aliphatic carboxylic acids is 1. The molecule has 1 aromatic heterocycles. The molecule has 4 rings (SSSR count). The molecule has 1 fully saturated rings. The number of hydrogen-bond donors (Lipinski definition) is 1. The number of carbonyl (C=O) groups is 1. The van der Waals surface area contributed by atoms with Gasteiger partial charge in [0.15, 0.2) is 12.4 Å². The molecule has 0 amide bonds. The summed E-state index contributed by atoms with van der Waals surface area (Å²) in [5, 5.41) is 8.77. The number of ether oxygens (including phenoxy) is 2. The smallest absolute Gasteiger partial charge is 0.416 e. The van der Waals surface area contributed by atoms with Crippen LogP contribution >= 0.6 is 0 Å². The molecule has 0 spiro atoms. The van der Waals surface area contributed by atoms with Crippen LogP contribution in [0.1, 0.15) is 54.2 Å². The Bertz CT molecular complexity index is 1190. The summed E-state index contributed by atoms with van der Waals surface area (Å²) in [5.41, 5.74) is 2.20. The fourth-order valence-corrected chi connectivity index (χ4v) is 3.61. The van der Waals surface area contributed by atoms with Gasteiger partial charge in [0, 0.05) is 23.2 Å². The summed E-state index contributed by atoms with van der Waals surface area (Å²) in [6.07, 6.45) is -1.12. The topological polar surface area (TPSA) is 81.5 Å². The molecule has 9 heteroatoms. The third-order valence-electron chi connectivity index (χ3n) is 5.53. The molecule has 6 nitrogen and oxygen atoms in total. The van der Waals surface area contributed by atoms with Crippen LogP contribution in [0.15, 0.2) is 48.7 Å². The molecule has 1 unspecified atom stereocenters. The average Bonchev–Trinajstić information content (AvgIpc) is 3.63. The zero-order chi connectivity index (χ0) is 24.5. The highest BCUT2D eigenvalue weighted by molar-refractivity contribution is 5.68. The highest BCUT2D eigenvalue weighted by Gasteiger charge is 2.32. The van der Waals surface area contributed by atoms with Gasteiger partial charge >= 0.3 is 12.1 Å². The molecule has 34 heavy (non-hydrogen) atoms. The van der Waals surface area contributed by atoms with E-state index in [1.807, 2.05) is 6.92 Å². The molecule has 1 aliphatic rings. The first kappa shape index (κ1) is 23.5. The first-order valence-electron chi connectivity index (χ1n) is 10.8. The van der Waals surface area contributed by atoms with Crippen LogP contribution < -0.4 is 9.47 Å². The number of hydrogen-bond acceptors (Lipinski definition) is 5. The first-order chi connectivity index (χ1) is 16.1. The fraction of sp³-hybridized carbons (Fsp3) is 0.320. The van der Waals surface area contributed by atoms with E-state index in [4.69, 9.17) is 14.6 Å². The largest absolute Gasteiger partial charge is 0.486 e. The van der Waals surface area contributed by atoms with Crippen LogP contribution in [0.5, 0.6) is 11.5 Å². The molecule has 1 aliphatic carbocycles. The molecule has 1 atom stereocenters. The van der Waals surface area contributed by atoms with E-state index in [1.165, 1.54) is 12.1 Å². The number of carboxylic acids is 1. The van der Waals surface area contributed by atoms with Crippen molar-refractivity contribution in [3.8, 4) is 22.9 Å². The van der Waals surface area contributed by atoms with Crippen molar-refractivity contribution in [3.63, 3.8) is 0 Å². The third kappa shape index (κ3) is 5.47. The van der Waals surface area contributed by atoms with E-state index in [0.29, 0.717) is 22.9 Å². The van der Waals surface area contributed by atoms with Crippen LogP contribution in [0.3, 0.4) is 0 Å². The van der Waals surface area contributed by atoms with Gasteiger partial charge in [-0.1, -0.05) is 12.1 Å². The predicted octanol–water partition coefficient (Wildman–Crippen LogP) is 5.95. The quantitative estimate of drug-likeness (QED) is 0.436. The van der Waals surface area contributed by atoms with Gasteiger partial charge in [0.05, 0.1) is 11.3 Å². The van der Waals surface area contributed by atoms with Crippen molar-refractivity contribution >= 4 is 5.97 Å². The minimum absolute atomic E-state index is 0.269. The second-order valence-electron chi connectivity index (χ2n) is 8.25. The standard InChI is InChI=1S/C25H23F3N2O4/c1-14-11-19(9-10-21(14)33-13-22(31)32)34-15(2)20-12-29-24(30-23(20)16-3-4-16)17-5-7-18(8-6-17)25(26,27)28/h5-12,15-16H,3-4,13H2,1-2H3,(H,31,32). The maximum Gasteiger partial charge on any atom is 0.416 e. The van der Waals surface area contributed by atoms with E-state index < -0.39 is 24.3 Å². The Morgan fingerprint density at radius 2 is 1.88 bits per heavy atom. The van der Waals surface area contributed by atoms with E-state index >= 15 is 0 Å². The predicted molar refractivity (Wildman–Crippen MR) is 118 cm³/mol. The number of alkyl halides is 3. The highest BCUT2D eigenvalue weighted by Crippen LogP contribution is 2.43. The maximum absolute atomic E-state index is 12.9. The van der Waals surface area contributed by atoms with Crippen LogP contribution in [-0.2, 0) is 11.0 Å². The van der Waals surface area contributed by atoms with E-state index in [2.05, 4.69) is 9.97 Å². The third-order valence-corrected chi connectivity index (χ3v) is 5.53. The molecule has 1 N–H and O–H groups in total. The lowest BCUT2D eigenvalue weighted by Gasteiger charge is -2.19. The molecule has 0 aliphatic heterocycles. The average molecular weight is 472 g/mol. The van der Waals surface area contributed by atoms with Crippen molar-refractivity contribution in [2.75, 3.05) is 6.61 Å². The van der Waals surface area contributed by atoms with Gasteiger partial charge < -0.3 is 14.6 Å². The van der Waals surface area contributed by atoms with Crippen molar-refractivity contribution < 1.29 is 32.5 Å². The monoisotopic (exact) mass is 472 g/mol. The van der Waals surface area contributed by atoms with Crippen molar-refractivity contribution in [3.05, 3.63) is 71.0 Å². The Hall–Kier alpha value is -3.62. The van der Waals surface area contributed by atoms with E-state index in [-0.39, 0.29) is 12.0 Å². The Labute approximate surface area is 194 Å². The molecular formula is C25H23F3N2O4. The van der Waals surface area contributed by atoms with Gasteiger partial charge in [-0.15, -0.1) is 0 Å². The Kier molecular flexibility index (Phi) is 6.45. The van der Waals surface area contributed by atoms with Crippen LogP contribution in [0.4, 0.5) is 13.2 Å². The van der Waals surface area contributed by atoms with Crippen LogP contribution in [0.25, 0.3) is 11.4 Å². The summed E-state index contributed by atoms with van der Waals surface area (Å²) in [6.45, 7) is 3.25. The van der Waals surface area contributed by atoms with Gasteiger partial charge in [-0.05, 0) is 62.6 Å². The lowest BCUT2D eigenvalue weighted by Crippen LogP contribution is -2.11. The van der Waals surface area contributed by atoms with Gasteiger partial charge in [0.1, 0.15) is 17.6 Å². The molecule has 3 aromatic rings. The molecule has 0 bridgehead atoms. The summed E-state index contributed by atoms with van der Waals surface area (Å²) in [7, 11) is 0. The van der Waals surface area contributed by atoms with Gasteiger partial charge in [0.2, 0.25) is 0 Å². The van der Waals surface area contributed by atoms with Crippen molar-refractivity contribution in [2.24, 2.45) is 0 Å². The first-order valence-corrected chi connectivity index (χ1v) is 10.8. The molecular weight excluding hydrogens is 449 g/mol.